The lowest BCUT2D eigenvalue weighted by atomic mass is 10.0. The van der Waals surface area contributed by atoms with E-state index in [-0.39, 0.29) is 23.6 Å². The average Bonchev–Trinajstić information content (AvgIpc) is 3.43. The fourth-order valence-corrected chi connectivity index (χ4v) is 6.03. The van der Waals surface area contributed by atoms with Gasteiger partial charge in [-0.05, 0) is 48.6 Å². The number of carboxylic acids is 1. The highest BCUT2D eigenvalue weighted by atomic mass is 32.2. The van der Waals surface area contributed by atoms with Gasteiger partial charge in [0.2, 0.25) is 0 Å². The van der Waals surface area contributed by atoms with Crippen molar-refractivity contribution >= 4 is 28.0 Å². The van der Waals surface area contributed by atoms with Gasteiger partial charge in [-0.3, -0.25) is 9.48 Å². The predicted molar refractivity (Wildman–Crippen MR) is 170 cm³/mol. The van der Waals surface area contributed by atoms with Gasteiger partial charge in [0.1, 0.15) is 5.69 Å². The van der Waals surface area contributed by atoms with Crippen LogP contribution in [0.25, 0.3) is 11.1 Å². The first-order valence-corrected chi connectivity index (χ1v) is 16.2. The number of benzene rings is 3. The average molecular weight is 649 g/mol. The molecule has 0 unspecified atom stereocenters. The molecule has 12 nitrogen and oxygen atoms in total. The molecule has 46 heavy (non-hydrogen) atoms. The Morgan fingerprint density at radius 1 is 0.935 bits per heavy atom. The molecule has 242 valence electrons. The van der Waals surface area contributed by atoms with Gasteiger partial charge in [-0.25, -0.2) is 22.7 Å². The maximum absolute atomic E-state index is 13.2. The Bertz CT molecular complexity index is 1770. The Labute approximate surface area is 267 Å². The molecule has 2 amide bonds. The number of carboxylic acid groups (broad SMARTS) is 1. The Morgan fingerprint density at radius 3 is 2.26 bits per heavy atom. The number of nitrogens with one attached hydrogen (secondary N) is 2. The topological polar surface area (TPSA) is 177 Å². The van der Waals surface area contributed by atoms with Gasteiger partial charge in [0, 0.05) is 11.3 Å². The second-order valence-electron chi connectivity index (χ2n) is 10.5. The van der Waals surface area contributed by atoms with Crippen LogP contribution < -0.4 is 10.0 Å². The van der Waals surface area contributed by atoms with Gasteiger partial charge in [-0.2, -0.15) is 5.10 Å². The molecule has 0 bridgehead atoms. The summed E-state index contributed by atoms with van der Waals surface area (Å²) in [4.78, 5) is 36.5. The van der Waals surface area contributed by atoms with Crippen LogP contribution in [0.1, 0.15) is 47.6 Å². The monoisotopic (exact) mass is 648 g/mol. The van der Waals surface area contributed by atoms with Gasteiger partial charge in [0.05, 0.1) is 24.1 Å². The fraction of sp³-hybridized carbons (Fsp3) is 0.273. The number of aliphatic carboxylic acids is 1. The lowest BCUT2D eigenvalue weighted by molar-refractivity contribution is -0.148. The van der Waals surface area contributed by atoms with Crippen molar-refractivity contribution < 1.29 is 37.8 Å². The molecule has 0 saturated heterocycles. The van der Waals surface area contributed by atoms with Crippen molar-refractivity contribution in [2.75, 3.05) is 6.61 Å². The number of hydrogen-bond acceptors (Lipinski definition) is 8. The van der Waals surface area contributed by atoms with E-state index in [1.165, 1.54) is 6.07 Å². The molecule has 4 N–H and O–H groups in total. The van der Waals surface area contributed by atoms with Gasteiger partial charge in [0.15, 0.2) is 6.10 Å². The maximum Gasteiger partial charge on any atom is 0.421 e. The first-order chi connectivity index (χ1) is 22.0. The molecule has 4 aromatic rings. The summed E-state index contributed by atoms with van der Waals surface area (Å²) in [5.74, 6) is -2.06. The second kappa shape index (κ2) is 15.3. The van der Waals surface area contributed by atoms with Crippen molar-refractivity contribution in [1.82, 2.24) is 19.8 Å². The van der Waals surface area contributed by atoms with Gasteiger partial charge < -0.3 is 20.3 Å². The van der Waals surface area contributed by atoms with E-state index in [0.717, 1.165) is 23.2 Å². The second-order valence-corrected chi connectivity index (χ2v) is 12.2. The Kier molecular flexibility index (Phi) is 11.3. The molecule has 0 aliphatic rings. The molecule has 2 atom stereocenters. The van der Waals surface area contributed by atoms with Crippen LogP contribution >= 0.6 is 0 Å². The fourth-order valence-electron chi connectivity index (χ4n) is 4.91. The molecule has 13 heteroatoms. The zero-order valence-corrected chi connectivity index (χ0v) is 26.2. The van der Waals surface area contributed by atoms with Crippen molar-refractivity contribution in [2.45, 2.75) is 56.7 Å². The summed E-state index contributed by atoms with van der Waals surface area (Å²) in [7, 11) is -4.20. The number of hydrogen-bond donors (Lipinski definition) is 4. The van der Waals surface area contributed by atoms with Crippen LogP contribution in [0, 0.1) is 0 Å². The molecule has 3 aromatic carbocycles. The standard InChI is InChI=1S/C33H36N4O8S/c1-3-10-25-20-28(31(39)34-27(30(38)32(40)41)19-22-11-6-5-7-12-22)35-37(25)21-23-15-17-24(18-16-23)26-13-8-9-14-29(26)46(43,44)36-33(42)45-4-2/h5-9,11-18,20,27,30,38H,3-4,10,19,21H2,1-2H3,(H,34,39)(H,36,42)(H,40,41)/t27-,30-/m1/s1. The van der Waals surface area contributed by atoms with Gasteiger partial charge in [-0.1, -0.05) is 86.1 Å². The van der Waals surface area contributed by atoms with Gasteiger partial charge in [0.25, 0.3) is 15.9 Å². The number of aliphatic hydroxyl groups is 1. The minimum atomic E-state index is -4.20. The molecular weight excluding hydrogens is 612 g/mol. The third-order valence-electron chi connectivity index (χ3n) is 7.12. The normalized spacial score (nSPS) is 12.6. The number of aliphatic hydroxyl groups excluding tert-OH is 1. The number of nitrogens with zero attached hydrogens (tertiary/aromatic N) is 2. The predicted octanol–water partition coefficient (Wildman–Crippen LogP) is 3.77. The third-order valence-corrected chi connectivity index (χ3v) is 8.49. The minimum absolute atomic E-state index is 0.0233. The van der Waals surface area contributed by atoms with E-state index in [1.807, 2.05) is 29.8 Å². The number of aromatic nitrogens is 2. The quantitative estimate of drug-likeness (QED) is 0.159. The Morgan fingerprint density at radius 2 is 1.61 bits per heavy atom. The van der Waals surface area contributed by atoms with Crippen LogP contribution in [0.2, 0.25) is 0 Å². The summed E-state index contributed by atoms with van der Waals surface area (Å²) in [6, 6.07) is 23.0. The highest BCUT2D eigenvalue weighted by Crippen LogP contribution is 2.28. The molecule has 0 radical (unpaired) electrons. The highest BCUT2D eigenvalue weighted by Gasteiger charge is 2.29. The van der Waals surface area contributed by atoms with E-state index in [4.69, 9.17) is 4.74 Å². The van der Waals surface area contributed by atoms with Crippen molar-refractivity contribution in [2.24, 2.45) is 0 Å². The van der Waals surface area contributed by atoms with Crippen LogP contribution in [0.4, 0.5) is 4.79 Å². The van der Waals surface area contributed by atoms with E-state index < -0.39 is 40.1 Å². The number of carbonyl (C=O) groups excluding carboxylic acids is 2. The third kappa shape index (κ3) is 8.58. The molecule has 0 aliphatic carbocycles. The van der Waals surface area contributed by atoms with Crippen LogP contribution in [0.15, 0.2) is 89.8 Å². The van der Waals surface area contributed by atoms with Crippen molar-refractivity contribution in [3.63, 3.8) is 0 Å². The summed E-state index contributed by atoms with van der Waals surface area (Å²) in [5, 5.41) is 26.9. The van der Waals surface area contributed by atoms with E-state index in [1.54, 1.807) is 72.3 Å². The lowest BCUT2D eigenvalue weighted by Gasteiger charge is -2.21. The lowest BCUT2D eigenvalue weighted by Crippen LogP contribution is -2.48. The van der Waals surface area contributed by atoms with E-state index in [9.17, 15) is 33.0 Å². The number of sulfonamides is 1. The molecule has 0 fully saturated rings. The maximum atomic E-state index is 13.2. The Balaban J connectivity index is 1.54. The van der Waals surface area contributed by atoms with E-state index in [2.05, 4.69) is 10.4 Å². The smallest absolute Gasteiger partial charge is 0.421 e. The zero-order valence-electron chi connectivity index (χ0n) is 25.4. The van der Waals surface area contributed by atoms with Crippen molar-refractivity contribution in [3.05, 3.63) is 107 Å². The Hall–Kier alpha value is -5.01. The molecule has 1 heterocycles. The summed E-state index contributed by atoms with van der Waals surface area (Å²) in [6.45, 7) is 3.89. The number of rotatable bonds is 14. The minimum Gasteiger partial charge on any atom is -0.479 e. The molecule has 4 rings (SSSR count). The molecule has 0 aliphatic heterocycles. The summed E-state index contributed by atoms with van der Waals surface area (Å²) in [5.41, 5.74) is 3.45. The molecule has 0 saturated carbocycles. The first kappa shape index (κ1) is 33.9. The van der Waals surface area contributed by atoms with Crippen LogP contribution in [-0.2, 0) is 38.9 Å². The number of amides is 2. The van der Waals surface area contributed by atoms with Crippen molar-refractivity contribution in [1.29, 1.82) is 0 Å². The largest absolute Gasteiger partial charge is 0.479 e. The molecule has 1 aromatic heterocycles. The van der Waals surface area contributed by atoms with Crippen LogP contribution in [-0.4, -0.2) is 65.1 Å². The molecular formula is C33H36N4O8S. The summed E-state index contributed by atoms with van der Waals surface area (Å²) in [6.07, 6.45) is -1.36. The van der Waals surface area contributed by atoms with Gasteiger partial charge >= 0.3 is 12.1 Å². The number of ether oxygens (including phenoxy) is 1. The number of aryl methyl sites for hydroxylation is 1. The zero-order chi connectivity index (χ0) is 33.3. The SMILES string of the molecule is CCCc1cc(C(=O)N[C@H](Cc2ccccc2)[C@@H](O)C(=O)O)nn1Cc1ccc(-c2ccccc2S(=O)(=O)NC(=O)OCC)cc1. The van der Waals surface area contributed by atoms with Crippen LogP contribution in [0.3, 0.4) is 0 Å². The van der Waals surface area contributed by atoms with Crippen LogP contribution in [0.5, 0.6) is 0 Å². The highest BCUT2D eigenvalue weighted by molar-refractivity contribution is 7.90. The van der Waals surface area contributed by atoms with E-state index >= 15 is 0 Å². The molecule has 0 spiro atoms. The summed E-state index contributed by atoms with van der Waals surface area (Å²) < 4.78 is 34.1. The van der Waals surface area contributed by atoms with Gasteiger partial charge in [-0.15, -0.1) is 0 Å². The summed E-state index contributed by atoms with van der Waals surface area (Å²) >= 11 is 0. The van der Waals surface area contributed by atoms with E-state index in [0.29, 0.717) is 24.1 Å². The van der Waals surface area contributed by atoms with Crippen molar-refractivity contribution in [3.8, 4) is 11.1 Å². The number of carbonyl (C=O) groups is 3. The first-order valence-electron chi connectivity index (χ1n) is 14.7.